The maximum Gasteiger partial charge on any atom is 0.327 e. The smallest absolute Gasteiger partial charge is 0.327 e. The van der Waals surface area contributed by atoms with E-state index in [1.807, 2.05) is 13.8 Å². The van der Waals surface area contributed by atoms with Crippen LogP contribution in [0, 0.1) is 15.9 Å². The minimum atomic E-state index is -0.864. The number of aliphatic hydroxyl groups is 1. The van der Waals surface area contributed by atoms with Crippen LogP contribution in [0.15, 0.2) is 18.2 Å². The molecule has 110 valence electrons. The molecule has 0 spiro atoms. The van der Waals surface area contributed by atoms with Crippen molar-refractivity contribution in [3.8, 4) is 0 Å². The molecule has 1 heterocycles. The third kappa shape index (κ3) is 2.88. The van der Waals surface area contributed by atoms with Crippen LogP contribution in [0.5, 0.6) is 0 Å². The highest BCUT2D eigenvalue weighted by Gasteiger charge is 2.36. The van der Waals surface area contributed by atoms with Crippen molar-refractivity contribution in [2.24, 2.45) is 0 Å². The molecular formula is C13H17FN2O4. The second-order valence-corrected chi connectivity index (χ2v) is 5.43. The van der Waals surface area contributed by atoms with Gasteiger partial charge in [0.15, 0.2) is 0 Å². The van der Waals surface area contributed by atoms with E-state index in [-0.39, 0.29) is 18.8 Å². The SMILES string of the molecule is CC1(C)CN(c2cccc(F)c2[N+](=O)[O-])CC(CO)O1. The van der Waals surface area contributed by atoms with Crippen LogP contribution in [0.3, 0.4) is 0 Å². The third-order valence-electron chi connectivity index (χ3n) is 3.17. The average Bonchev–Trinajstić information content (AvgIpc) is 2.36. The zero-order valence-electron chi connectivity index (χ0n) is 11.4. The minimum Gasteiger partial charge on any atom is -0.394 e. The van der Waals surface area contributed by atoms with E-state index < -0.39 is 28.1 Å². The van der Waals surface area contributed by atoms with E-state index in [1.54, 1.807) is 4.90 Å². The number of hydrogen-bond acceptors (Lipinski definition) is 5. The molecule has 0 bridgehead atoms. The number of nitrogens with zero attached hydrogens (tertiary/aromatic N) is 2. The van der Waals surface area contributed by atoms with Gasteiger partial charge < -0.3 is 14.7 Å². The monoisotopic (exact) mass is 284 g/mol. The summed E-state index contributed by atoms with van der Waals surface area (Å²) in [7, 11) is 0. The molecule has 1 aliphatic heterocycles. The van der Waals surface area contributed by atoms with Gasteiger partial charge in [0.2, 0.25) is 5.82 Å². The van der Waals surface area contributed by atoms with Crippen LogP contribution in [-0.4, -0.2) is 41.4 Å². The number of halogens is 1. The zero-order chi connectivity index (χ0) is 14.9. The van der Waals surface area contributed by atoms with Gasteiger partial charge in [-0.15, -0.1) is 0 Å². The first-order chi connectivity index (χ1) is 9.34. The summed E-state index contributed by atoms with van der Waals surface area (Å²) in [5.41, 5.74) is -0.905. The summed E-state index contributed by atoms with van der Waals surface area (Å²) in [6.07, 6.45) is -0.457. The van der Waals surface area contributed by atoms with Crippen molar-refractivity contribution in [3.05, 3.63) is 34.1 Å². The lowest BCUT2D eigenvalue weighted by Crippen LogP contribution is -2.54. The Morgan fingerprint density at radius 3 is 2.90 bits per heavy atom. The van der Waals surface area contributed by atoms with Gasteiger partial charge in [0.25, 0.3) is 0 Å². The number of hydrogen-bond donors (Lipinski definition) is 1. The quantitative estimate of drug-likeness (QED) is 0.675. The van der Waals surface area contributed by atoms with Crippen molar-refractivity contribution in [2.45, 2.75) is 25.6 Å². The Morgan fingerprint density at radius 1 is 1.60 bits per heavy atom. The van der Waals surface area contributed by atoms with E-state index in [9.17, 15) is 19.6 Å². The van der Waals surface area contributed by atoms with Crippen molar-refractivity contribution in [3.63, 3.8) is 0 Å². The number of para-hydroxylation sites is 1. The van der Waals surface area contributed by atoms with Gasteiger partial charge in [-0.3, -0.25) is 10.1 Å². The Labute approximate surface area is 115 Å². The molecule has 1 aromatic rings. The number of aliphatic hydroxyl groups excluding tert-OH is 1. The summed E-state index contributed by atoms with van der Waals surface area (Å²) in [6.45, 7) is 4.13. The van der Waals surface area contributed by atoms with E-state index >= 15 is 0 Å². The summed E-state index contributed by atoms with van der Waals surface area (Å²) in [4.78, 5) is 12.0. The molecule has 1 saturated heterocycles. The Balaban J connectivity index is 2.40. The van der Waals surface area contributed by atoms with Gasteiger partial charge in [-0.05, 0) is 26.0 Å². The largest absolute Gasteiger partial charge is 0.394 e. The molecule has 20 heavy (non-hydrogen) atoms. The lowest BCUT2D eigenvalue weighted by atomic mass is 10.0. The van der Waals surface area contributed by atoms with Crippen LogP contribution in [0.4, 0.5) is 15.8 Å². The molecule has 0 aliphatic carbocycles. The van der Waals surface area contributed by atoms with Crippen molar-refractivity contribution in [1.29, 1.82) is 0 Å². The first-order valence-electron chi connectivity index (χ1n) is 6.30. The summed E-state index contributed by atoms with van der Waals surface area (Å²) < 4.78 is 19.3. The van der Waals surface area contributed by atoms with E-state index in [1.165, 1.54) is 12.1 Å². The summed E-state index contributed by atoms with van der Waals surface area (Å²) >= 11 is 0. The second kappa shape index (κ2) is 5.34. The molecule has 1 atom stereocenters. The molecule has 1 unspecified atom stereocenters. The highest BCUT2D eigenvalue weighted by Crippen LogP contribution is 2.34. The van der Waals surface area contributed by atoms with Crippen LogP contribution in [0.25, 0.3) is 0 Å². The van der Waals surface area contributed by atoms with Gasteiger partial charge in [-0.25, -0.2) is 0 Å². The molecule has 1 aromatic carbocycles. The summed E-state index contributed by atoms with van der Waals surface area (Å²) in [5, 5.41) is 20.3. The topological polar surface area (TPSA) is 75.8 Å². The Kier molecular flexibility index (Phi) is 3.92. The average molecular weight is 284 g/mol. The van der Waals surface area contributed by atoms with Gasteiger partial charge in [0.05, 0.1) is 23.2 Å². The van der Waals surface area contributed by atoms with Gasteiger partial charge in [0, 0.05) is 13.1 Å². The fourth-order valence-electron chi connectivity index (χ4n) is 2.51. The van der Waals surface area contributed by atoms with Gasteiger partial charge >= 0.3 is 5.69 Å². The summed E-state index contributed by atoms with van der Waals surface area (Å²) in [5.74, 6) is -0.864. The number of ether oxygens (including phenoxy) is 1. The van der Waals surface area contributed by atoms with Crippen LogP contribution < -0.4 is 4.90 Å². The Hall–Kier alpha value is -1.73. The zero-order valence-corrected chi connectivity index (χ0v) is 11.4. The first kappa shape index (κ1) is 14.7. The second-order valence-electron chi connectivity index (χ2n) is 5.43. The molecule has 6 nitrogen and oxygen atoms in total. The number of anilines is 1. The first-order valence-corrected chi connectivity index (χ1v) is 6.30. The van der Waals surface area contributed by atoms with E-state index in [0.717, 1.165) is 6.07 Å². The van der Waals surface area contributed by atoms with E-state index in [2.05, 4.69) is 0 Å². The fourth-order valence-corrected chi connectivity index (χ4v) is 2.51. The molecule has 0 saturated carbocycles. The Bertz CT molecular complexity index is 521. The van der Waals surface area contributed by atoms with Crippen molar-refractivity contribution in [1.82, 2.24) is 0 Å². The minimum absolute atomic E-state index is 0.191. The predicted molar refractivity (Wildman–Crippen MR) is 71.3 cm³/mol. The van der Waals surface area contributed by atoms with Crippen LogP contribution in [0.1, 0.15) is 13.8 Å². The van der Waals surface area contributed by atoms with Crippen molar-refractivity contribution < 1.29 is 19.2 Å². The lowest BCUT2D eigenvalue weighted by molar-refractivity contribution is -0.386. The highest BCUT2D eigenvalue weighted by molar-refractivity contribution is 5.64. The molecular weight excluding hydrogens is 267 g/mol. The van der Waals surface area contributed by atoms with Gasteiger partial charge in [0.1, 0.15) is 5.69 Å². The summed E-state index contributed by atoms with van der Waals surface area (Å²) in [6, 6.07) is 4.02. The number of nitro benzene ring substituents is 1. The van der Waals surface area contributed by atoms with Gasteiger partial charge in [-0.2, -0.15) is 4.39 Å². The van der Waals surface area contributed by atoms with Gasteiger partial charge in [-0.1, -0.05) is 6.07 Å². The third-order valence-corrected chi connectivity index (χ3v) is 3.17. The molecule has 7 heteroatoms. The molecule has 0 aromatic heterocycles. The number of rotatable bonds is 3. The molecule has 1 N–H and O–H groups in total. The molecule has 1 aliphatic rings. The normalized spacial score (nSPS) is 21.8. The number of benzene rings is 1. The molecule has 1 fully saturated rings. The highest BCUT2D eigenvalue weighted by atomic mass is 19.1. The standard InChI is InChI=1S/C13H17FN2O4/c1-13(2)8-15(6-9(7-17)20-13)11-5-3-4-10(14)12(11)16(18)19/h3-5,9,17H,6-8H2,1-2H3. The fraction of sp³-hybridized carbons (Fsp3) is 0.538. The van der Waals surface area contributed by atoms with Crippen LogP contribution >= 0.6 is 0 Å². The maximum atomic E-state index is 13.7. The molecule has 2 rings (SSSR count). The predicted octanol–water partition coefficient (Wildman–Crippen LogP) is 1.71. The number of nitro groups is 1. The molecule has 0 radical (unpaired) electrons. The van der Waals surface area contributed by atoms with Crippen LogP contribution in [0.2, 0.25) is 0 Å². The Morgan fingerprint density at radius 2 is 2.30 bits per heavy atom. The molecule has 0 amide bonds. The van der Waals surface area contributed by atoms with E-state index in [0.29, 0.717) is 6.54 Å². The van der Waals surface area contributed by atoms with Crippen molar-refractivity contribution >= 4 is 11.4 Å². The lowest BCUT2D eigenvalue weighted by Gasteiger charge is -2.43. The maximum absolute atomic E-state index is 13.7. The van der Waals surface area contributed by atoms with E-state index in [4.69, 9.17) is 4.74 Å². The number of morpholine rings is 1. The van der Waals surface area contributed by atoms with Crippen molar-refractivity contribution in [2.75, 3.05) is 24.6 Å². The van der Waals surface area contributed by atoms with Crippen LogP contribution in [-0.2, 0) is 4.74 Å².